The molecule has 0 spiro atoms. The van der Waals surface area contributed by atoms with E-state index in [1.807, 2.05) is 0 Å². The molecular formula is C15H23N3O3. The summed E-state index contributed by atoms with van der Waals surface area (Å²) in [5.74, 6) is 0.292. The van der Waals surface area contributed by atoms with Gasteiger partial charge in [0, 0.05) is 25.2 Å². The number of pyridine rings is 1. The van der Waals surface area contributed by atoms with Crippen molar-refractivity contribution < 1.29 is 14.6 Å². The van der Waals surface area contributed by atoms with Crippen LogP contribution in [0, 0.1) is 11.1 Å². The van der Waals surface area contributed by atoms with Gasteiger partial charge in [-0.2, -0.15) is 4.73 Å². The number of aliphatic hydroxyl groups is 1. The van der Waals surface area contributed by atoms with E-state index >= 15 is 0 Å². The van der Waals surface area contributed by atoms with E-state index in [2.05, 4.69) is 17.1 Å². The standard InChI is InChI=1S/C15H23N3O3/c1-12-5-8-17(9-6-12)11-13(19)10-16-15(20)14-4-2-3-7-18(14)21/h2-4,7,12-13,19H,5-6,8-11H2,1H3,(H,16,20). The van der Waals surface area contributed by atoms with Gasteiger partial charge in [-0.25, -0.2) is 0 Å². The van der Waals surface area contributed by atoms with Crippen LogP contribution in [0.25, 0.3) is 0 Å². The van der Waals surface area contributed by atoms with Crippen molar-refractivity contribution in [3.8, 4) is 0 Å². The van der Waals surface area contributed by atoms with Crippen LogP contribution in [-0.4, -0.2) is 48.2 Å². The number of β-amino-alcohol motifs (C(OH)–C–C–N with tert-alkyl or cyclic N) is 1. The first-order valence-electron chi connectivity index (χ1n) is 7.43. The highest BCUT2D eigenvalue weighted by molar-refractivity contribution is 5.90. The molecule has 0 bridgehead atoms. The molecule has 2 N–H and O–H groups in total. The summed E-state index contributed by atoms with van der Waals surface area (Å²) in [5, 5.41) is 24.0. The summed E-state index contributed by atoms with van der Waals surface area (Å²) in [4.78, 5) is 14.1. The van der Waals surface area contributed by atoms with Gasteiger partial charge in [0.15, 0.2) is 6.20 Å². The van der Waals surface area contributed by atoms with Crippen molar-refractivity contribution in [2.45, 2.75) is 25.9 Å². The highest BCUT2D eigenvalue weighted by Gasteiger charge is 2.20. The molecular weight excluding hydrogens is 270 g/mol. The third-order valence-electron chi connectivity index (χ3n) is 3.90. The Labute approximate surface area is 125 Å². The maximum absolute atomic E-state index is 11.8. The van der Waals surface area contributed by atoms with Gasteiger partial charge in [0.05, 0.1) is 6.10 Å². The number of amides is 1. The van der Waals surface area contributed by atoms with Crippen LogP contribution in [0.4, 0.5) is 0 Å². The van der Waals surface area contributed by atoms with E-state index in [-0.39, 0.29) is 12.2 Å². The van der Waals surface area contributed by atoms with E-state index in [1.54, 1.807) is 12.1 Å². The molecule has 6 nitrogen and oxygen atoms in total. The number of piperidine rings is 1. The molecule has 0 aliphatic carbocycles. The molecule has 1 fully saturated rings. The molecule has 1 aliphatic rings. The van der Waals surface area contributed by atoms with Crippen molar-refractivity contribution in [2.75, 3.05) is 26.2 Å². The van der Waals surface area contributed by atoms with Gasteiger partial charge in [0.2, 0.25) is 0 Å². The molecule has 1 saturated heterocycles. The van der Waals surface area contributed by atoms with Gasteiger partial charge in [-0.15, -0.1) is 0 Å². The number of carbonyl (C=O) groups excluding carboxylic acids is 1. The Kier molecular flexibility index (Phi) is 5.52. The topological polar surface area (TPSA) is 79.5 Å². The molecule has 116 valence electrons. The lowest BCUT2D eigenvalue weighted by atomic mass is 9.99. The Morgan fingerprint density at radius 1 is 1.52 bits per heavy atom. The number of aromatic nitrogens is 1. The number of carbonyl (C=O) groups is 1. The van der Waals surface area contributed by atoms with E-state index < -0.39 is 12.0 Å². The lowest BCUT2D eigenvalue weighted by molar-refractivity contribution is -0.607. The number of nitrogens with one attached hydrogen (secondary N) is 1. The molecule has 6 heteroatoms. The van der Waals surface area contributed by atoms with Crippen LogP contribution >= 0.6 is 0 Å². The van der Waals surface area contributed by atoms with Crippen molar-refractivity contribution in [3.05, 3.63) is 35.3 Å². The lowest BCUT2D eigenvalue weighted by Gasteiger charge is -2.31. The van der Waals surface area contributed by atoms with E-state index in [4.69, 9.17) is 0 Å². The average molecular weight is 293 g/mol. The van der Waals surface area contributed by atoms with E-state index in [0.29, 0.717) is 11.3 Å². The fourth-order valence-corrected chi connectivity index (χ4v) is 2.51. The Hall–Kier alpha value is -1.66. The predicted octanol–water partition coefficient (Wildman–Crippen LogP) is 0.143. The Morgan fingerprint density at radius 2 is 2.24 bits per heavy atom. The minimum atomic E-state index is -0.619. The fourth-order valence-electron chi connectivity index (χ4n) is 2.51. The molecule has 0 radical (unpaired) electrons. The van der Waals surface area contributed by atoms with Crippen LogP contribution in [0.2, 0.25) is 0 Å². The maximum atomic E-state index is 11.8. The largest absolute Gasteiger partial charge is 0.618 e. The molecule has 1 aromatic rings. The summed E-state index contributed by atoms with van der Waals surface area (Å²) < 4.78 is 0.522. The summed E-state index contributed by atoms with van der Waals surface area (Å²) in [6.07, 6.45) is 2.96. The SMILES string of the molecule is CC1CCN(CC(O)CNC(=O)c2cccc[n+]2[O-])CC1. The smallest absolute Gasteiger partial charge is 0.317 e. The van der Waals surface area contributed by atoms with Gasteiger partial charge in [0.25, 0.3) is 5.69 Å². The molecule has 1 amide bonds. The number of hydrogen-bond donors (Lipinski definition) is 2. The average Bonchev–Trinajstić information content (AvgIpc) is 2.48. The molecule has 1 unspecified atom stereocenters. The number of nitrogens with zero attached hydrogens (tertiary/aromatic N) is 2. The first kappa shape index (κ1) is 15.7. The van der Waals surface area contributed by atoms with Crippen molar-refractivity contribution in [3.63, 3.8) is 0 Å². The summed E-state index contributed by atoms with van der Waals surface area (Å²) in [7, 11) is 0. The van der Waals surface area contributed by atoms with E-state index in [9.17, 15) is 15.1 Å². The van der Waals surface area contributed by atoms with Crippen molar-refractivity contribution in [2.24, 2.45) is 5.92 Å². The van der Waals surface area contributed by atoms with Crippen LogP contribution in [0.15, 0.2) is 24.4 Å². The summed E-state index contributed by atoms with van der Waals surface area (Å²) in [6, 6.07) is 4.66. The highest BCUT2D eigenvalue weighted by atomic mass is 16.5. The Bertz CT molecular complexity index is 473. The zero-order valence-corrected chi connectivity index (χ0v) is 12.4. The van der Waals surface area contributed by atoms with Crippen LogP contribution in [0.5, 0.6) is 0 Å². The second-order valence-corrected chi connectivity index (χ2v) is 5.76. The zero-order chi connectivity index (χ0) is 15.2. The quantitative estimate of drug-likeness (QED) is 0.598. The van der Waals surface area contributed by atoms with Crippen LogP contribution in [0.3, 0.4) is 0 Å². The molecule has 1 aliphatic heterocycles. The Morgan fingerprint density at radius 3 is 2.90 bits per heavy atom. The van der Waals surface area contributed by atoms with Crippen LogP contribution in [-0.2, 0) is 0 Å². The molecule has 1 atom stereocenters. The van der Waals surface area contributed by atoms with Gasteiger partial charge in [-0.05, 0) is 37.9 Å². The molecule has 0 saturated carbocycles. The predicted molar refractivity (Wildman–Crippen MR) is 78.6 cm³/mol. The number of aliphatic hydroxyl groups excluding tert-OH is 1. The van der Waals surface area contributed by atoms with E-state index in [0.717, 1.165) is 31.8 Å². The highest BCUT2D eigenvalue weighted by Crippen LogP contribution is 2.15. The summed E-state index contributed by atoms with van der Waals surface area (Å²) in [5.41, 5.74) is 0.0384. The molecule has 2 heterocycles. The van der Waals surface area contributed by atoms with Crippen LogP contribution < -0.4 is 10.0 Å². The van der Waals surface area contributed by atoms with Gasteiger partial charge in [-0.1, -0.05) is 6.92 Å². The van der Waals surface area contributed by atoms with E-state index in [1.165, 1.54) is 12.3 Å². The van der Waals surface area contributed by atoms with Gasteiger partial charge in [0.1, 0.15) is 0 Å². The number of rotatable bonds is 5. The number of likely N-dealkylation sites (tertiary alicyclic amines) is 1. The second-order valence-electron chi connectivity index (χ2n) is 5.76. The summed E-state index contributed by atoms with van der Waals surface area (Å²) >= 11 is 0. The molecule has 2 rings (SSSR count). The minimum Gasteiger partial charge on any atom is -0.618 e. The lowest BCUT2D eigenvalue weighted by Crippen LogP contribution is -2.45. The van der Waals surface area contributed by atoms with Crippen molar-refractivity contribution in [1.29, 1.82) is 0 Å². The monoisotopic (exact) mass is 293 g/mol. The van der Waals surface area contributed by atoms with Crippen molar-refractivity contribution in [1.82, 2.24) is 10.2 Å². The maximum Gasteiger partial charge on any atom is 0.317 e. The Balaban J connectivity index is 1.75. The number of hydrogen-bond acceptors (Lipinski definition) is 4. The molecule has 21 heavy (non-hydrogen) atoms. The third kappa shape index (κ3) is 4.68. The molecule has 0 aromatic carbocycles. The second kappa shape index (κ2) is 7.38. The summed E-state index contributed by atoms with van der Waals surface area (Å²) in [6.45, 7) is 4.93. The minimum absolute atomic E-state index is 0.0384. The fraction of sp³-hybridized carbons (Fsp3) is 0.600. The zero-order valence-electron chi connectivity index (χ0n) is 12.4. The molecule has 1 aromatic heterocycles. The normalized spacial score (nSPS) is 18.4. The van der Waals surface area contributed by atoms with Crippen LogP contribution in [0.1, 0.15) is 30.3 Å². The van der Waals surface area contributed by atoms with Gasteiger partial charge >= 0.3 is 5.91 Å². The van der Waals surface area contributed by atoms with Gasteiger partial charge < -0.3 is 20.5 Å². The van der Waals surface area contributed by atoms with Gasteiger partial charge in [-0.3, -0.25) is 4.79 Å². The first-order chi connectivity index (χ1) is 10.1. The van der Waals surface area contributed by atoms with Crippen molar-refractivity contribution >= 4 is 5.91 Å². The third-order valence-corrected chi connectivity index (χ3v) is 3.90. The first-order valence-corrected chi connectivity index (χ1v) is 7.43.